The van der Waals surface area contributed by atoms with Crippen molar-refractivity contribution in [2.24, 2.45) is 5.92 Å². The quantitative estimate of drug-likeness (QED) is 0.605. The summed E-state index contributed by atoms with van der Waals surface area (Å²) in [6, 6.07) is 12.0. The SMILES string of the molecule is CCOc1ccc(S(=O)(=O)N2CCC[C@@H](C(=O)Nc3cccc(SC)c3)C2)cc1Cl. The van der Waals surface area contributed by atoms with Crippen LogP contribution in [-0.4, -0.2) is 44.6 Å². The molecule has 0 unspecified atom stereocenters. The summed E-state index contributed by atoms with van der Waals surface area (Å²) in [6.07, 6.45) is 3.23. The van der Waals surface area contributed by atoms with Crippen molar-refractivity contribution in [3.8, 4) is 5.75 Å². The van der Waals surface area contributed by atoms with Crippen LogP contribution in [0.4, 0.5) is 5.69 Å². The molecule has 0 saturated carbocycles. The Kier molecular flexibility index (Phi) is 7.68. The molecule has 2 aromatic rings. The third kappa shape index (κ3) is 5.29. The standard InChI is InChI=1S/C21H25ClN2O4S2/c1-3-28-20-10-9-18(13-19(20)22)30(26,27)24-11-5-6-15(14-24)21(25)23-16-7-4-8-17(12-16)29-2/h4,7-10,12-13,15H,3,5-6,11,14H2,1-2H3,(H,23,25)/t15-/m1/s1. The number of carbonyl (C=O) groups is 1. The average molecular weight is 469 g/mol. The lowest BCUT2D eigenvalue weighted by Crippen LogP contribution is -2.43. The highest BCUT2D eigenvalue weighted by Crippen LogP contribution is 2.31. The second-order valence-electron chi connectivity index (χ2n) is 6.95. The molecule has 2 aromatic carbocycles. The topological polar surface area (TPSA) is 75.7 Å². The van der Waals surface area contributed by atoms with Gasteiger partial charge in [0, 0.05) is 23.7 Å². The van der Waals surface area contributed by atoms with Crippen LogP contribution in [0.1, 0.15) is 19.8 Å². The van der Waals surface area contributed by atoms with Crippen LogP contribution in [0.15, 0.2) is 52.3 Å². The highest BCUT2D eigenvalue weighted by molar-refractivity contribution is 7.98. The molecule has 6 nitrogen and oxygen atoms in total. The first-order valence-corrected chi connectivity index (χ1v) is 12.8. The largest absolute Gasteiger partial charge is 0.492 e. The Hall–Kier alpha value is -1.74. The maximum absolute atomic E-state index is 13.1. The Morgan fingerprint density at radius 2 is 2.10 bits per heavy atom. The number of piperidine rings is 1. The van der Waals surface area contributed by atoms with Gasteiger partial charge in [0.05, 0.1) is 22.4 Å². The molecule has 1 atom stereocenters. The Morgan fingerprint density at radius 1 is 1.30 bits per heavy atom. The molecule has 162 valence electrons. The summed E-state index contributed by atoms with van der Waals surface area (Å²) in [6.45, 7) is 2.78. The molecule has 0 aliphatic carbocycles. The summed E-state index contributed by atoms with van der Waals surface area (Å²) in [5, 5.41) is 3.17. The predicted molar refractivity (Wildman–Crippen MR) is 121 cm³/mol. The Morgan fingerprint density at radius 3 is 2.80 bits per heavy atom. The van der Waals surface area contributed by atoms with E-state index >= 15 is 0 Å². The molecule has 1 fully saturated rings. The molecule has 0 radical (unpaired) electrons. The van der Waals surface area contributed by atoms with E-state index in [2.05, 4.69) is 5.32 Å². The molecule has 0 spiro atoms. The van der Waals surface area contributed by atoms with Crippen LogP contribution in [-0.2, 0) is 14.8 Å². The number of halogens is 1. The van der Waals surface area contributed by atoms with Gasteiger partial charge in [-0.25, -0.2) is 8.42 Å². The van der Waals surface area contributed by atoms with Crippen molar-refractivity contribution in [1.82, 2.24) is 4.31 Å². The molecule has 1 amide bonds. The second kappa shape index (κ2) is 10.0. The zero-order valence-electron chi connectivity index (χ0n) is 16.9. The number of nitrogens with one attached hydrogen (secondary N) is 1. The third-order valence-corrected chi connectivity index (χ3v) is 7.81. The molecular weight excluding hydrogens is 444 g/mol. The molecule has 1 aliphatic heterocycles. The van der Waals surface area contributed by atoms with E-state index in [1.807, 2.05) is 37.4 Å². The van der Waals surface area contributed by atoms with Gasteiger partial charge in [-0.2, -0.15) is 4.31 Å². The van der Waals surface area contributed by atoms with Crippen molar-refractivity contribution in [3.63, 3.8) is 0 Å². The van der Waals surface area contributed by atoms with Gasteiger partial charge in [0.1, 0.15) is 5.75 Å². The van der Waals surface area contributed by atoms with E-state index in [-0.39, 0.29) is 22.4 Å². The smallest absolute Gasteiger partial charge is 0.243 e. The maximum Gasteiger partial charge on any atom is 0.243 e. The van der Waals surface area contributed by atoms with Gasteiger partial charge in [-0.15, -0.1) is 11.8 Å². The van der Waals surface area contributed by atoms with Crippen LogP contribution in [0.5, 0.6) is 5.75 Å². The van der Waals surface area contributed by atoms with Crippen molar-refractivity contribution >= 4 is 45.0 Å². The van der Waals surface area contributed by atoms with Crippen LogP contribution in [0.3, 0.4) is 0 Å². The maximum atomic E-state index is 13.1. The van der Waals surface area contributed by atoms with Gasteiger partial charge in [0.2, 0.25) is 15.9 Å². The average Bonchev–Trinajstić information content (AvgIpc) is 2.75. The van der Waals surface area contributed by atoms with E-state index in [4.69, 9.17) is 16.3 Å². The van der Waals surface area contributed by atoms with E-state index < -0.39 is 15.9 Å². The van der Waals surface area contributed by atoms with Crippen LogP contribution >= 0.6 is 23.4 Å². The number of sulfonamides is 1. The number of thioether (sulfide) groups is 1. The van der Waals surface area contributed by atoms with Gasteiger partial charge in [0.15, 0.2) is 0 Å². The number of hydrogen-bond acceptors (Lipinski definition) is 5. The number of ether oxygens (including phenoxy) is 1. The summed E-state index contributed by atoms with van der Waals surface area (Å²) in [7, 11) is -3.76. The molecule has 1 aliphatic rings. The van der Waals surface area contributed by atoms with Crippen molar-refractivity contribution in [2.75, 3.05) is 31.3 Å². The van der Waals surface area contributed by atoms with Gasteiger partial charge < -0.3 is 10.1 Å². The summed E-state index contributed by atoms with van der Waals surface area (Å²) < 4.78 is 33.0. The Balaban J connectivity index is 1.73. The molecule has 3 rings (SSSR count). The normalized spacial score (nSPS) is 17.5. The number of anilines is 1. The fraction of sp³-hybridized carbons (Fsp3) is 0.381. The Labute approximate surface area is 187 Å². The highest BCUT2D eigenvalue weighted by atomic mass is 35.5. The molecular formula is C21H25ClN2O4S2. The number of carbonyl (C=O) groups excluding carboxylic acids is 1. The monoisotopic (exact) mass is 468 g/mol. The van der Waals surface area contributed by atoms with Crippen molar-refractivity contribution in [1.29, 1.82) is 0 Å². The molecule has 1 heterocycles. The summed E-state index contributed by atoms with van der Waals surface area (Å²) in [5.74, 6) is -0.135. The van der Waals surface area contributed by atoms with Crippen LogP contribution in [0.25, 0.3) is 0 Å². The lowest BCUT2D eigenvalue weighted by Gasteiger charge is -2.31. The highest BCUT2D eigenvalue weighted by Gasteiger charge is 2.33. The van der Waals surface area contributed by atoms with Gasteiger partial charge in [-0.3, -0.25) is 4.79 Å². The van der Waals surface area contributed by atoms with E-state index in [0.717, 1.165) is 4.90 Å². The minimum atomic E-state index is -3.76. The fourth-order valence-electron chi connectivity index (χ4n) is 3.38. The van der Waals surface area contributed by atoms with Crippen LogP contribution < -0.4 is 10.1 Å². The fourth-order valence-corrected chi connectivity index (χ4v) is 5.69. The summed E-state index contributed by atoms with van der Waals surface area (Å²) in [5.41, 5.74) is 0.713. The van der Waals surface area contributed by atoms with E-state index in [1.54, 1.807) is 17.8 Å². The van der Waals surface area contributed by atoms with Gasteiger partial charge in [-0.05, 0) is 62.4 Å². The lowest BCUT2D eigenvalue weighted by atomic mass is 9.99. The molecule has 0 bridgehead atoms. The number of amides is 1. The zero-order valence-corrected chi connectivity index (χ0v) is 19.3. The minimum Gasteiger partial charge on any atom is -0.492 e. The molecule has 1 N–H and O–H groups in total. The lowest BCUT2D eigenvalue weighted by molar-refractivity contribution is -0.120. The summed E-state index contributed by atoms with van der Waals surface area (Å²) in [4.78, 5) is 13.9. The first-order valence-electron chi connectivity index (χ1n) is 9.72. The van der Waals surface area contributed by atoms with Crippen LogP contribution in [0, 0.1) is 5.92 Å². The molecule has 9 heteroatoms. The predicted octanol–water partition coefficient (Wildman–Crippen LogP) is 4.50. The van der Waals surface area contributed by atoms with Gasteiger partial charge in [-0.1, -0.05) is 17.7 Å². The first-order chi connectivity index (χ1) is 14.3. The van der Waals surface area contributed by atoms with E-state index in [9.17, 15) is 13.2 Å². The summed E-state index contributed by atoms with van der Waals surface area (Å²) >= 11 is 7.77. The molecule has 1 saturated heterocycles. The number of benzene rings is 2. The van der Waals surface area contributed by atoms with E-state index in [1.165, 1.54) is 16.4 Å². The number of nitrogens with zero attached hydrogens (tertiary/aromatic N) is 1. The van der Waals surface area contributed by atoms with Crippen molar-refractivity contribution in [3.05, 3.63) is 47.5 Å². The third-order valence-electron chi connectivity index (χ3n) is 4.93. The minimum absolute atomic E-state index is 0.102. The van der Waals surface area contributed by atoms with Gasteiger partial charge >= 0.3 is 0 Å². The number of rotatable bonds is 7. The number of hydrogen-bond donors (Lipinski definition) is 1. The molecule has 30 heavy (non-hydrogen) atoms. The van der Waals surface area contributed by atoms with E-state index in [0.29, 0.717) is 37.4 Å². The first kappa shape index (κ1) is 22.9. The second-order valence-corrected chi connectivity index (χ2v) is 10.2. The zero-order chi connectivity index (χ0) is 21.7. The Bertz CT molecular complexity index is 1010. The van der Waals surface area contributed by atoms with Gasteiger partial charge in [0.25, 0.3) is 0 Å². The van der Waals surface area contributed by atoms with Crippen molar-refractivity contribution < 1.29 is 17.9 Å². The van der Waals surface area contributed by atoms with Crippen LogP contribution in [0.2, 0.25) is 5.02 Å². The van der Waals surface area contributed by atoms with Crippen molar-refractivity contribution in [2.45, 2.75) is 29.6 Å². The molecule has 0 aromatic heterocycles.